The summed E-state index contributed by atoms with van der Waals surface area (Å²) in [5.41, 5.74) is 0.406. The van der Waals surface area contributed by atoms with Crippen molar-refractivity contribution in [3.63, 3.8) is 0 Å². The van der Waals surface area contributed by atoms with Crippen molar-refractivity contribution < 1.29 is 25.4 Å². The van der Waals surface area contributed by atoms with Crippen molar-refractivity contribution in [2.75, 3.05) is 0 Å². The first-order valence-corrected chi connectivity index (χ1v) is 10.4. The van der Waals surface area contributed by atoms with Gasteiger partial charge in [-0.25, -0.2) is 0 Å². The first kappa shape index (κ1) is 22.8. The quantitative estimate of drug-likeness (QED) is 0.493. The molecule has 0 atom stereocenters. The minimum Gasteiger partial charge on any atom is -0.268 e. The molecule has 0 amide bonds. The van der Waals surface area contributed by atoms with Gasteiger partial charge in [0.15, 0.2) is 0 Å². The summed E-state index contributed by atoms with van der Waals surface area (Å²) >= 11 is 0. The number of hydrogen-bond acceptors (Lipinski definition) is 8. The maximum absolute atomic E-state index is 11.9. The molecule has 0 N–H and O–H groups in total. The Morgan fingerprint density at radius 1 is 0.708 bits per heavy atom. The molecule has 0 bridgehead atoms. The fraction of sp³-hybridized carbons (Fsp3) is 0.857. The number of oxime groups is 2. The molecule has 0 saturated carbocycles. The minimum absolute atomic E-state index is 0.203. The van der Waals surface area contributed by atoms with Crippen LogP contribution in [0.25, 0.3) is 0 Å². The van der Waals surface area contributed by atoms with Crippen molar-refractivity contribution in [1.82, 2.24) is 0 Å². The molecule has 0 fully saturated rings. The Hall–Kier alpha value is -1.16. The summed E-state index contributed by atoms with van der Waals surface area (Å²) in [5, 5.41) is 7.27. The molecule has 0 radical (unpaired) electrons. The van der Waals surface area contributed by atoms with Crippen molar-refractivity contribution in [3.8, 4) is 0 Å². The van der Waals surface area contributed by atoms with E-state index in [2.05, 4.69) is 10.3 Å². The Balaban J connectivity index is 5.55. The summed E-state index contributed by atoms with van der Waals surface area (Å²) in [6, 6.07) is 0. The van der Waals surface area contributed by atoms with E-state index in [-0.39, 0.29) is 11.4 Å². The Labute approximate surface area is 145 Å². The Morgan fingerprint density at radius 3 is 1.12 bits per heavy atom. The minimum atomic E-state index is -3.91. The fourth-order valence-electron chi connectivity index (χ4n) is 1.05. The lowest BCUT2D eigenvalue weighted by atomic mass is 10.1. The topological polar surface area (TPSA) is 111 Å². The summed E-state index contributed by atoms with van der Waals surface area (Å²) in [4.78, 5) is 0. The molecule has 0 unspecified atom stereocenters. The van der Waals surface area contributed by atoms with Crippen LogP contribution in [-0.4, -0.2) is 37.8 Å². The third-order valence-corrected chi connectivity index (χ3v) is 6.54. The summed E-state index contributed by atoms with van der Waals surface area (Å²) in [6.07, 6.45) is 0.594. The average molecular weight is 385 g/mol. The van der Waals surface area contributed by atoms with E-state index in [4.69, 9.17) is 8.57 Å². The van der Waals surface area contributed by atoms with Crippen molar-refractivity contribution in [2.45, 2.75) is 77.7 Å². The van der Waals surface area contributed by atoms with Crippen LogP contribution in [0.15, 0.2) is 10.3 Å². The standard InChI is InChI=1S/C14H28N2O6S2/c1-9-11(15-21-23(17,18)13(3,4)5)12(10-2)16-22-24(19,20)14(6,7)8/h9-10H2,1-8H3. The molecule has 0 aromatic carbocycles. The van der Waals surface area contributed by atoms with Gasteiger partial charge in [0.25, 0.3) is 0 Å². The Bertz CT molecular complexity index is 631. The highest BCUT2D eigenvalue weighted by atomic mass is 32.2. The predicted molar refractivity (Wildman–Crippen MR) is 95.0 cm³/mol. The van der Waals surface area contributed by atoms with Crippen LogP contribution in [0, 0.1) is 0 Å². The molecule has 24 heavy (non-hydrogen) atoms. The number of hydrogen-bond donors (Lipinski definition) is 0. The van der Waals surface area contributed by atoms with E-state index in [0.717, 1.165) is 0 Å². The van der Waals surface area contributed by atoms with Gasteiger partial charge in [0, 0.05) is 0 Å². The first-order valence-electron chi connectivity index (χ1n) is 7.59. The zero-order chi connectivity index (χ0) is 19.4. The second-order valence-corrected chi connectivity index (χ2v) is 11.6. The van der Waals surface area contributed by atoms with E-state index in [1.165, 1.54) is 41.5 Å². The van der Waals surface area contributed by atoms with Gasteiger partial charge in [-0.1, -0.05) is 24.2 Å². The lowest BCUT2D eigenvalue weighted by Gasteiger charge is -2.17. The molecule has 0 aromatic heterocycles. The van der Waals surface area contributed by atoms with Gasteiger partial charge in [-0.15, -0.1) is 0 Å². The molecule has 0 saturated heterocycles. The zero-order valence-corrected chi connectivity index (χ0v) is 17.2. The summed E-state index contributed by atoms with van der Waals surface area (Å²) in [6.45, 7) is 12.3. The van der Waals surface area contributed by atoms with Crippen molar-refractivity contribution in [2.24, 2.45) is 10.3 Å². The van der Waals surface area contributed by atoms with Crippen molar-refractivity contribution >= 4 is 31.7 Å². The van der Waals surface area contributed by atoms with Gasteiger partial charge in [-0.05, 0) is 54.4 Å². The van der Waals surface area contributed by atoms with Crippen LogP contribution in [0.2, 0.25) is 0 Å². The first-order chi connectivity index (χ1) is 10.6. The monoisotopic (exact) mass is 384 g/mol. The molecule has 10 heteroatoms. The second-order valence-electron chi connectivity index (χ2n) is 7.07. The van der Waals surface area contributed by atoms with Crippen molar-refractivity contribution in [1.29, 1.82) is 0 Å². The number of rotatable bonds is 7. The van der Waals surface area contributed by atoms with Gasteiger partial charge in [0.1, 0.15) is 20.9 Å². The molecule has 0 aliphatic heterocycles. The molecule has 0 aliphatic rings. The summed E-state index contributed by atoms with van der Waals surface area (Å²) < 4.78 is 54.9. The van der Waals surface area contributed by atoms with Gasteiger partial charge in [-0.3, -0.25) is 8.57 Å². The maximum atomic E-state index is 11.9. The van der Waals surface area contributed by atoms with Crippen LogP contribution in [0.4, 0.5) is 0 Å². The van der Waals surface area contributed by atoms with Gasteiger partial charge in [0.05, 0.1) is 0 Å². The van der Waals surface area contributed by atoms with Crippen molar-refractivity contribution in [3.05, 3.63) is 0 Å². The molecule has 0 heterocycles. The molecular formula is C14H28N2O6S2. The van der Waals surface area contributed by atoms with Crippen LogP contribution in [0.3, 0.4) is 0 Å². The lowest BCUT2D eigenvalue weighted by molar-refractivity contribution is 0.317. The third-order valence-electron chi connectivity index (χ3n) is 2.99. The van der Waals surface area contributed by atoms with E-state index < -0.39 is 29.7 Å². The van der Waals surface area contributed by atoms with Gasteiger partial charge in [0.2, 0.25) is 0 Å². The molecule has 0 aliphatic carbocycles. The van der Waals surface area contributed by atoms with E-state index >= 15 is 0 Å². The molecule has 0 aromatic rings. The Morgan fingerprint density at radius 2 is 0.958 bits per heavy atom. The second kappa shape index (κ2) is 7.81. The molecule has 8 nitrogen and oxygen atoms in total. The van der Waals surface area contributed by atoms with Crippen LogP contribution < -0.4 is 0 Å². The van der Waals surface area contributed by atoms with Crippen LogP contribution >= 0.6 is 0 Å². The molecule has 0 spiro atoms. The average Bonchev–Trinajstić information content (AvgIpc) is 2.39. The zero-order valence-electron chi connectivity index (χ0n) is 15.6. The predicted octanol–water partition coefficient (Wildman–Crippen LogP) is 2.81. The smallest absolute Gasteiger partial charge is 0.268 e. The van der Waals surface area contributed by atoms with E-state index in [1.54, 1.807) is 13.8 Å². The van der Waals surface area contributed by atoms with Crippen LogP contribution in [0.1, 0.15) is 68.2 Å². The third kappa shape index (κ3) is 6.04. The maximum Gasteiger partial charge on any atom is 0.333 e. The molecule has 0 rings (SSSR count). The van der Waals surface area contributed by atoms with Gasteiger partial charge in [-0.2, -0.15) is 16.8 Å². The Kier molecular flexibility index (Phi) is 7.44. The SMILES string of the molecule is CCC(=NOS(=O)(=O)C(C)(C)C)C(CC)=NOS(=O)(=O)C(C)(C)C. The highest BCUT2D eigenvalue weighted by molar-refractivity contribution is 7.88. The molecule has 142 valence electrons. The fourth-order valence-corrected chi connectivity index (χ4v) is 1.88. The van der Waals surface area contributed by atoms with Gasteiger partial charge < -0.3 is 0 Å². The van der Waals surface area contributed by atoms with Crippen LogP contribution in [0.5, 0.6) is 0 Å². The highest BCUT2D eigenvalue weighted by Gasteiger charge is 2.32. The molecular weight excluding hydrogens is 356 g/mol. The van der Waals surface area contributed by atoms with Gasteiger partial charge >= 0.3 is 20.2 Å². The lowest BCUT2D eigenvalue weighted by Crippen LogP contribution is -2.30. The summed E-state index contributed by atoms with van der Waals surface area (Å²) in [5.74, 6) is 0. The summed E-state index contributed by atoms with van der Waals surface area (Å²) in [7, 11) is -7.83. The largest absolute Gasteiger partial charge is 0.333 e. The highest BCUT2D eigenvalue weighted by Crippen LogP contribution is 2.19. The van der Waals surface area contributed by atoms with E-state index in [9.17, 15) is 16.8 Å². The normalized spacial score (nSPS) is 15.3. The number of nitrogens with zero attached hydrogens (tertiary/aromatic N) is 2. The van der Waals surface area contributed by atoms with E-state index in [0.29, 0.717) is 12.8 Å². The van der Waals surface area contributed by atoms with E-state index in [1.807, 2.05) is 0 Å². The van der Waals surface area contributed by atoms with Crippen LogP contribution in [-0.2, 0) is 28.8 Å².